The molecule has 1 aromatic rings. The number of aliphatic hydroxyl groups excluding tert-OH is 1. The molecule has 4 nitrogen and oxygen atoms in total. The summed E-state index contributed by atoms with van der Waals surface area (Å²) < 4.78 is 25.7. The Hall–Kier alpha value is -0.330. The Morgan fingerprint density at radius 2 is 1.88 bits per heavy atom. The molecule has 1 heterocycles. The van der Waals surface area contributed by atoms with E-state index in [9.17, 15) is 13.5 Å². The number of aliphatic hydroxyl groups is 1. The predicted octanol–water partition coefficient (Wildman–Crippen LogP) is 1.75. The fourth-order valence-electron chi connectivity index (χ4n) is 1.79. The monoisotopic (exact) mass is 295 g/mol. The smallest absolute Gasteiger partial charge is 0.246 e. The SMILES string of the molecule is O=S(=O)(c1c(Cl)cccc1Cl)N1CCC(O)C1. The van der Waals surface area contributed by atoms with Gasteiger partial charge in [-0.25, -0.2) is 8.42 Å². The van der Waals surface area contributed by atoms with Gasteiger partial charge in [0.05, 0.1) is 16.1 Å². The summed E-state index contributed by atoms with van der Waals surface area (Å²) in [6, 6.07) is 4.54. The van der Waals surface area contributed by atoms with Gasteiger partial charge < -0.3 is 5.11 Å². The Morgan fingerprint density at radius 3 is 2.35 bits per heavy atom. The molecule has 0 saturated carbocycles. The molecule has 17 heavy (non-hydrogen) atoms. The first-order valence-corrected chi connectivity index (χ1v) is 7.25. The van der Waals surface area contributed by atoms with E-state index in [4.69, 9.17) is 23.2 Å². The summed E-state index contributed by atoms with van der Waals surface area (Å²) >= 11 is 11.8. The molecule has 1 aliphatic rings. The molecule has 0 radical (unpaired) electrons. The van der Waals surface area contributed by atoms with Gasteiger partial charge in [-0.15, -0.1) is 0 Å². The summed E-state index contributed by atoms with van der Waals surface area (Å²) in [6.07, 6.45) is -0.188. The summed E-state index contributed by atoms with van der Waals surface area (Å²) in [5, 5.41) is 9.57. The van der Waals surface area contributed by atoms with Crippen LogP contribution in [0, 0.1) is 0 Å². The van der Waals surface area contributed by atoms with Crippen LogP contribution in [0.4, 0.5) is 0 Å². The number of halogens is 2. The Bertz CT molecular complexity index is 512. The maximum absolute atomic E-state index is 12.3. The zero-order valence-electron chi connectivity index (χ0n) is 8.81. The molecule has 1 fully saturated rings. The van der Waals surface area contributed by atoms with Gasteiger partial charge in [-0.2, -0.15) is 4.31 Å². The van der Waals surface area contributed by atoms with Crippen molar-refractivity contribution in [2.75, 3.05) is 13.1 Å². The summed E-state index contributed by atoms with van der Waals surface area (Å²) in [5.41, 5.74) is 0. The molecule has 1 aliphatic heterocycles. The maximum atomic E-state index is 12.3. The summed E-state index contributed by atoms with van der Waals surface area (Å²) in [6.45, 7) is 0.370. The molecule has 2 rings (SSSR count). The van der Waals surface area contributed by atoms with E-state index in [1.165, 1.54) is 16.4 Å². The fraction of sp³-hybridized carbons (Fsp3) is 0.400. The van der Waals surface area contributed by atoms with Crippen molar-refractivity contribution in [3.05, 3.63) is 28.2 Å². The minimum absolute atomic E-state index is 0.0857. The van der Waals surface area contributed by atoms with Crippen LogP contribution in [0.1, 0.15) is 6.42 Å². The average Bonchev–Trinajstić information content (AvgIpc) is 2.64. The van der Waals surface area contributed by atoms with E-state index < -0.39 is 16.1 Å². The molecular formula is C10H11Cl2NO3S. The van der Waals surface area contributed by atoms with E-state index in [-0.39, 0.29) is 28.0 Å². The lowest BCUT2D eigenvalue weighted by Gasteiger charge is -2.17. The minimum atomic E-state index is -3.72. The third-order valence-electron chi connectivity index (χ3n) is 2.64. The van der Waals surface area contributed by atoms with Crippen LogP contribution in [0.15, 0.2) is 23.1 Å². The molecule has 0 aromatic heterocycles. The van der Waals surface area contributed by atoms with Crippen molar-refractivity contribution in [1.82, 2.24) is 4.31 Å². The summed E-state index contributed by atoms with van der Waals surface area (Å²) in [4.78, 5) is -0.0857. The molecule has 1 aromatic carbocycles. The Labute approximate surface area is 110 Å². The second-order valence-corrected chi connectivity index (χ2v) is 6.55. The van der Waals surface area contributed by atoms with Crippen LogP contribution in [0.5, 0.6) is 0 Å². The van der Waals surface area contributed by atoms with Crippen LogP contribution in [0.25, 0.3) is 0 Å². The van der Waals surface area contributed by atoms with Crippen LogP contribution in [0.2, 0.25) is 10.0 Å². The van der Waals surface area contributed by atoms with Gasteiger partial charge in [-0.1, -0.05) is 29.3 Å². The van der Waals surface area contributed by atoms with E-state index in [0.717, 1.165) is 0 Å². The second kappa shape index (κ2) is 4.74. The number of nitrogens with zero attached hydrogens (tertiary/aromatic N) is 1. The molecule has 1 saturated heterocycles. The number of hydrogen-bond donors (Lipinski definition) is 1. The number of rotatable bonds is 2. The maximum Gasteiger partial charge on any atom is 0.246 e. The van der Waals surface area contributed by atoms with Gasteiger partial charge in [-0.3, -0.25) is 0 Å². The lowest BCUT2D eigenvalue weighted by Crippen LogP contribution is -2.30. The van der Waals surface area contributed by atoms with Gasteiger partial charge in [0, 0.05) is 13.1 Å². The normalized spacial score (nSPS) is 21.9. The van der Waals surface area contributed by atoms with Gasteiger partial charge in [0.2, 0.25) is 10.0 Å². The van der Waals surface area contributed by atoms with Crippen molar-refractivity contribution in [2.24, 2.45) is 0 Å². The largest absolute Gasteiger partial charge is 0.392 e. The van der Waals surface area contributed by atoms with Crippen LogP contribution in [0.3, 0.4) is 0 Å². The van der Waals surface area contributed by atoms with Crippen molar-refractivity contribution in [1.29, 1.82) is 0 Å². The minimum Gasteiger partial charge on any atom is -0.392 e. The lowest BCUT2D eigenvalue weighted by atomic mass is 10.3. The molecular weight excluding hydrogens is 285 g/mol. The van der Waals surface area contributed by atoms with Gasteiger partial charge in [0.1, 0.15) is 4.90 Å². The molecule has 0 aliphatic carbocycles. The highest BCUT2D eigenvalue weighted by atomic mass is 35.5. The third kappa shape index (κ3) is 2.44. The Balaban J connectivity index is 2.45. The van der Waals surface area contributed by atoms with Gasteiger partial charge >= 0.3 is 0 Å². The highest BCUT2D eigenvalue weighted by Gasteiger charge is 2.34. The van der Waals surface area contributed by atoms with Crippen LogP contribution >= 0.6 is 23.2 Å². The van der Waals surface area contributed by atoms with Gasteiger partial charge in [0.15, 0.2) is 0 Å². The first-order valence-electron chi connectivity index (χ1n) is 5.05. The van der Waals surface area contributed by atoms with Crippen molar-refractivity contribution >= 4 is 33.2 Å². The highest BCUT2D eigenvalue weighted by molar-refractivity contribution is 7.89. The second-order valence-electron chi connectivity index (χ2n) is 3.86. The number of β-amino-alcohol motifs (C(OH)–C–C–N with tert-alkyl or cyclic N) is 1. The number of benzene rings is 1. The number of hydrogen-bond acceptors (Lipinski definition) is 3. The van der Waals surface area contributed by atoms with Crippen LogP contribution in [-0.2, 0) is 10.0 Å². The summed E-state index contributed by atoms with van der Waals surface area (Å²) in [7, 11) is -3.72. The third-order valence-corrected chi connectivity index (χ3v) is 5.46. The van der Waals surface area contributed by atoms with Crippen LogP contribution < -0.4 is 0 Å². The molecule has 0 bridgehead atoms. The van der Waals surface area contributed by atoms with E-state index in [0.29, 0.717) is 6.42 Å². The van der Waals surface area contributed by atoms with E-state index in [1.807, 2.05) is 0 Å². The number of sulfonamides is 1. The molecule has 94 valence electrons. The zero-order valence-corrected chi connectivity index (χ0v) is 11.1. The Kier molecular flexibility index (Phi) is 3.66. The van der Waals surface area contributed by atoms with Crippen LogP contribution in [-0.4, -0.2) is 37.0 Å². The zero-order chi connectivity index (χ0) is 12.6. The predicted molar refractivity (Wildman–Crippen MR) is 65.8 cm³/mol. The Morgan fingerprint density at radius 1 is 1.29 bits per heavy atom. The summed E-state index contributed by atoms with van der Waals surface area (Å²) in [5.74, 6) is 0. The van der Waals surface area contributed by atoms with E-state index in [1.54, 1.807) is 6.07 Å². The molecule has 0 spiro atoms. The topological polar surface area (TPSA) is 57.6 Å². The van der Waals surface area contributed by atoms with Gasteiger partial charge in [0.25, 0.3) is 0 Å². The van der Waals surface area contributed by atoms with Crippen molar-refractivity contribution in [2.45, 2.75) is 17.4 Å². The van der Waals surface area contributed by atoms with E-state index >= 15 is 0 Å². The molecule has 1 N–H and O–H groups in total. The van der Waals surface area contributed by atoms with Crippen molar-refractivity contribution in [3.8, 4) is 0 Å². The molecule has 0 amide bonds. The van der Waals surface area contributed by atoms with Crippen molar-refractivity contribution < 1.29 is 13.5 Å². The standard InChI is InChI=1S/C10H11Cl2NO3S/c11-8-2-1-3-9(12)10(8)17(15,16)13-5-4-7(14)6-13/h1-3,7,14H,4-6H2. The first kappa shape index (κ1) is 13.1. The van der Waals surface area contributed by atoms with Crippen molar-refractivity contribution in [3.63, 3.8) is 0 Å². The molecule has 7 heteroatoms. The van der Waals surface area contributed by atoms with Gasteiger partial charge in [-0.05, 0) is 18.6 Å². The molecule has 1 unspecified atom stereocenters. The highest BCUT2D eigenvalue weighted by Crippen LogP contribution is 2.32. The first-order chi connectivity index (χ1) is 7.93. The average molecular weight is 296 g/mol. The quantitative estimate of drug-likeness (QED) is 0.904. The van der Waals surface area contributed by atoms with E-state index in [2.05, 4.69) is 0 Å². The lowest BCUT2D eigenvalue weighted by molar-refractivity contribution is 0.189. The molecule has 1 atom stereocenters. The fourth-order valence-corrected chi connectivity index (χ4v) is 4.37.